The molecular weight excluding hydrogens is 423 g/mol. The van der Waals surface area contributed by atoms with Gasteiger partial charge in [0.15, 0.2) is 0 Å². The number of nitrogens with zero attached hydrogens (tertiary/aromatic N) is 3. The van der Waals surface area contributed by atoms with E-state index in [1.807, 2.05) is 0 Å². The Kier molecular flexibility index (Phi) is 6.85. The molecule has 0 atom stereocenters. The Bertz CT molecular complexity index is 1160. The molecule has 3 N–H and O–H groups in total. The zero-order chi connectivity index (χ0) is 23.1. The summed E-state index contributed by atoms with van der Waals surface area (Å²) < 4.78 is 18.6. The molecule has 2 aromatic carbocycles. The first-order valence-electron chi connectivity index (χ1n) is 9.25. The maximum atomic E-state index is 13.7. The molecule has 0 saturated heterocycles. The highest BCUT2D eigenvalue weighted by Crippen LogP contribution is 2.30. The van der Waals surface area contributed by atoms with E-state index in [0.29, 0.717) is 11.3 Å². The van der Waals surface area contributed by atoms with Gasteiger partial charge in [-0.3, -0.25) is 25.8 Å². The highest BCUT2D eigenvalue weighted by Gasteiger charge is 2.24. The second-order valence-corrected chi connectivity index (χ2v) is 6.16. The Morgan fingerprint density at radius 3 is 2.44 bits per heavy atom. The minimum atomic E-state index is -0.847. The van der Waals surface area contributed by atoms with Crippen LogP contribution in [-0.4, -0.2) is 33.4 Å². The Labute approximate surface area is 180 Å². The number of carbonyl (C=O) groups excluding carboxylic acids is 2. The molecule has 0 fully saturated rings. The van der Waals surface area contributed by atoms with Gasteiger partial charge in [-0.05, 0) is 43.3 Å². The largest absolute Gasteiger partial charge is 0.462 e. The molecule has 0 saturated carbocycles. The van der Waals surface area contributed by atoms with Gasteiger partial charge < -0.3 is 10.1 Å². The fraction of sp³-hybridized carbons (Fsp3) is 0.100. The predicted octanol–water partition coefficient (Wildman–Crippen LogP) is 3.20. The second-order valence-electron chi connectivity index (χ2n) is 6.16. The number of ether oxygens (including phenoxy) is 1. The zero-order valence-corrected chi connectivity index (χ0v) is 16.7. The first-order chi connectivity index (χ1) is 15.4. The van der Waals surface area contributed by atoms with Crippen LogP contribution in [0.3, 0.4) is 0 Å². The lowest BCUT2D eigenvalue weighted by atomic mass is 10.2. The highest BCUT2D eigenvalue weighted by atomic mass is 19.1. The molecule has 164 valence electrons. The van der Waals surface area contributed by atoms with Crippen molar-refractivity contribution in [1.29, 1.82) is 0 Å². The monoisotopic (exact) mass is 440 g/mol. The lowest BCUT2D eigenvalue weighted by molar-refractivity contribution is -0.383. The van der Waals surface area contributed by atoms with E-state index in [4.69, 9.17) is 4.74 Å². The van der Waals surface area contributed by atoms with Crippen LogP contribution in [0.25, 0.3) is 0 Å². The van der Waals surface area contributed by atoms with Gasteiger partial charge in [-0.1, -0.05) is 12.1 Å². The molecule has 3 rings (SSSR count). The third-order valence-electron chi connectivity index (χ3n) is 4.08. The van der Waals surface area contributed by atoms with E-state index in [2.05, 4.69) is 26.1 Å². The van der Waals surface area contributed by atoms with Crippen LogP contribution in [0.5, 0.6) is 0 Å². The highest BCUT2D eigenvalue weighted by molar-refractivity contribution is 5.95. The molecule has 0 bridgehead atoms. The van der Waals surface area contributed by atoms with Crippen LogP contribution in [0.4, 0.5) is 27.4 Å². The van der Waals surface area contributed by atoms with Crippen LogP contribution in [0, 0.1) is 15.9 Å². The van der Waals surface area contributed by atoms with Crippen LogP contribution in [0.15, 0.2) is 54.9 Å². The fourth-order valence-corrected chi connectivity index (χ4v) is 2.60. The van der Waals surface area contributed by atoms with Crippen molar-refractivity contribution in [3.05, 3.63) is 81.9 Å². The number of benzene rings is 2. The van der Waals surface area contributed by atoms with Crippen LogP contribution < -0.4 is 16.2 Å². The van der Waals surface area contributed by atoms with Crippen LogP contribution in [0.2, 0.25) is 0 Å². The van der Waals surface area contributed by atoms with E-state index >= 15 is 0 Å². The number of amides is 1. The molecule has 32 heavy (non-hydrogen) atoms. The van der Waals surface area contributed by atoms with Gasteiger partial charge in [-0.15, -0.1) is 0 Å². The molecule has 1 amide bonds. The number of hydrazine groups is 1. The summed E-state index contributed by atoms with van der Waals surface area (Å²) in [6.07, 6.45) is 1.04. The third-order valence-corrected chi connectivity index (χ3v) is 4.08. The molecular formula is C20H17FN6O5. The number of nitrogens with one attached hydrogen (secondary N) is 3. The molecule has 0 aliphatic heterocycles. The van der Waals surface area contributed by atoms with Crippen LogP contribution in [-0.2, 0) is 4.74 Å². The van der Waals surface area contributed by atoms with E-state index < -0.39 is 28.3 Å². The molecule has 12 heteroatoms. The lowest BCUT2D eigenvalue weighted by Crippen LogP contribution is -2.31. The summed E-state index contributed by atoms with van der Waals surface area (Å²) >= 11 is 0. The molecule has 0 unspecified atom stereocenters. The average molecular weight is 440 g/mol. The zero-order valence-electron chi connectivity index (χ0n) is 16.7. The van der Waals surface area contributed by atoms with E-state index in [1.54, 1.807) is 6.92 Å². The summed E-state index contributed by atoms with van der Waals surface area (Å²) in [4.78, 5) is 42.4. The molecule has 1 aromatic heterocycles. The molecule has 0 aliphatic carbocycles. The van der Waals surface area contributed by atoms with Crippen molar-refractivity contribution in [2.75, 3.05) is 17.3 Å². The smallest absolute Gasteiger partial charge is 0.355 e. The van der Waals surface area contributed by atoms with Gasteiger partial charge in [-0.25, -0.2) is 19.2 Å². The molecule has 3 aromatic rings. The van der Waals surface area contributed by atoms with Gasteiger partial charge in [0.05, 0.1) is 22.7 Å². The molecule has 0 spiro atoms. The maximum Gasteiger partial charge on any atom is 0.355 e. The lowest BCUT2D eigenvalue weighted by Gasteiger charge is -2.11. The number of anilines is 3. The van der Waals surface area contributed by atoms with Gasteiger partial charge in [0, 0.05) is 5.69 Å². The van der Waals surface area contributed by atoms with Crippen molar-refractivity contribution in [1.82, 2.24) is 15.4 Å². The van der Waals surface area contributed by atoms with Crippen molar-refractivity contribution in [2.24, 2.45) is 0 Å². The van der Waals surface area contributed by atoms with E-state index in [0.717, 1.165) is 12.4 Å². The van der Waals surface area contributed by atoms with Crippen LogP contribution >= 0.6 is 0 Å². The van der Waals surface area contributed by atoms with Gasteiger partial charge in [0.25, 0.3) is 5.91 Å². The van der Waals surface area contributed by atoms with Gasteiger partial charge in [0.2, 0.25) is 11.6 Å². The number of halogens is 1. The van der Waals surface area contributed by atoms with Crippen LogP contribution in [0.1, 0.15) is 27.6 Å². The predicted molar refractivity (Wildman–Crippen MR) is 112 cm³/mol. The minimum absolute atomic E-state index is 0.170. The third kappa shape index (κ3) is 5.11. The summed E-state index contributed by atoms with van der Waals surface area (Å²) in [5.74, 6) is -2.58. The number of hydrogen-bond acceptors (Lipinski definition) is 9. The Hall–Kier alpha value is -4.61. The summed E-state index contributed by atoms with van der Waals surface area (Å²) in [5, 5.41) is 14.4. The van der Waals surface area contributed by atoms with E-state index in [-0.39, 0.29) is 23.8 Å². The van der Waals surface area contributed by atoms with E-state index in [1.165, 1.54) is 42.5 Å². The SMILES string of the molecule is CCOC(=O)c1ccc(Nc2ncnc(NNC(=O)c3ccccc3F)c2[N+](=O)[O-])cc1. The molecule has 11 nitrogen and oxygen atoms in total. The number of esters is 1. The quantitative estimate of drug-likeness (QED) is 0.273. The van der Waals surface area contributed by atoms with Gasteiger partial charge in [0.1, 0.15) is 12.1 Å². The Morgan fingerprint density at radius 2 is 1.78 bits per heavy atom. The summed E-state index contributed by atoms with van der Waals surface area (Å²) in [5.41, 5.74) is 4.40. The van der Waals surface area contributed by atoms with Crippen molar-refractivity contribution in [3.63, 3.8) is 0 Å². The maximum absolute atomic E-state index is 13.7. The first kappa shape index (κ1) is 22.1. The number of rotatable bonds is 8. The Morgan fingerprint density at radius 1 is 1.09 bits per heavy atom. The Balaban J connectivity index is 1.79. The summed E-state index contributed by atoms with van der Waals surface area (Å²) in [7, 11) is 0. The topological polar surface area (TPSA) is 148 Å². The summed E-state index contributed by atoms with van der Waals surface area (Å²) in [6, 6.07) is 11.3. The molecule has 0 aliphatic rings. The second kappa shape index (κ2) is 9.93. The average Bonchev–Trinajstić information content (AvgIpc) is 2.78. The fourth-order valence-electron chi connectivity index (χ4n) is 2.60. The summed E-state index contributed by atoms with van der Waals surface area (Å²) in [6.45, 7) is 1.92. The van der Waals surface area contributed by atoms with Crippen molar-refractivity contribution in [3.8, 4) is 0 Å². The number of hydrogen-bond donors (Lipinski definition) is 3. The number of nitro groups is 1. The van der Waals surface area contributed by atoms with Crippen molar-refractivity contribution >= 4 is 34.9 Å². The van der Waals surface area contributed by atoms with Crippen molar-refractivity contribution < 1.29 is 23.6 Å². The first-order valence-corrected chi connectivity index (χ1v) is 9.25. The van der Waals surface area contributed by atoms with Gasteiger partial charge in [-0.2, -0.15) is 0 Å². The van der Waals surface area contributed by atoms with Crippen molar-refractivity contribution in [2.45, 2.75) is 6.92 Å². The van der Waals surface area contributed by atoms with E-state index in [9.17, 15) is 24.1 Å². The molecule has 1 heterocycles. The van der Waals surface area contributed by atoms with Gasteiger partial charge >= 0.3 is 11.7 Å². The normalized spacial score (nSPS) is 10.2. The standard InChI is InChI=1S/C20H17FN6O5/c1-2-32-20(29)12-7-9-13(10-8-12)24-17-16(27(30)31)18(23-11-22-17)25-26-19(28)14-5-3-4-6-15(14)21/h3-11H,2H2,1H3,(H,26,28)(H2,22,23,24,25). The minimum Gasteiger partial charge on any atom is -0.462 e. The number of aromatic nitrogens is 2. The molecule has 0 radical (unpaired) electrons. The number of carbonyl (C=O) groups is 2.